The number of esters is 2. The van der Waals surface area contributed by atoms with Gasteiger partial charge in [0.1, 0.15) is 97.3 Å². The smallest absolute Gasteiger partial charge is 0.410 e. The van der Waals surface area contributed by atoms with Crippen molar-refractivity contribution in [1.82, 2.24) is 49.8 Å². The summed E-state index contributed by atoms with van der Waals surface area (Å²) in [5, 5.41) is 97.3. The molecule has 32 heteroatoms. The molecule has 4 aromatic heterocycles. The first kappa shape index (κ1) is 61.7. The Hall–Kier alpha value is -7.34. The molecule has 4 saturated heterocycles. The van der Waals surface area contributed by atoms with Gasteiger partial charge in [0, 0.05) is 60.6 Å². The first-order valence-electron chi connectivity index (χ1n) is 27.7. The number of nitrogens with zero attached hydrogens (tertiary/aromatic N) is 8. The van der Waals surface area contributed by atoms with Crippen molar-refractivity contribution < 1.29 is 107 Å². The zero-order valence-corrected chi connectivity index (χ0v) is 46.4. The Labute approximate surface area is 486 Å². The molecular weight excluding hydrogens is 1150 g/mol. The van der Waals surface area contributed by atoms with Crippen molar-refractivity contribution in [3.8, 4) is 11.4 Å². The Morgan fingerprint density at radius 2 is 1.01 bits per heavy atom. The van der Waals surface area contributed by atoms with Gasteiger partial charge >= 0.3 is 24.1 Å². The predicted molar refractivity (Wildman–Crippen MR) is 284 cm³/mol. The van der Waals surface area contributed by atoms with Crippen LogP contribution in [-0.4, -0.2) is 240 Å². The molecule has 6 aromatic rings. The van der Waals surface area contributed by atoms with Crippen LogP contribution in [0.5, 0.6) is 0 Å². The van der Waals surface area contributed by atoms with Crippen LogP contribution in [0.3, 0.4) is 0 Å². The minimum Gasteiger partial charge on any atom is -0.461 e. The lowest BCUT2D eigenvalue weighted by Crippen LogP contribution is -2.59. The van der Waals surface area contributed by atoms with E-state index in [9.17, 15) is 60.0 Å². The summed E-state index contributed by atoms with van der Waals surface area (Å²) >= 11 is 0. The summed E-state index contributed by atoms with van der Waals surface area (Å²) in [6.45, 7) is 0.249. The minimum absolute atomic E-state index is 0.0197. The van der Waals surface area contributed by atoms with E-state index in [4.69, 9.17) is 37.9 Å². The van der Waals surface area contributed by atoms with Gasteiger partial charge < -0.3 is 98.5 Å². The molecule has 0 saturated carbocycles. The van der Waals surface area contributed by atoms with E-state index < -0.39 is 135 Å². The van der Waals surface area contributed by atoms with Crippen molar-refractivity contribution in [3.63, 3.8) is 0 Å². The number of benzene rings is 2. The summed E-state index contributed by atoms with van der Waals surface area (Å²) < 4.78 is 77.6. The number of H-pyrrole nitrogens is 2. The normalized spacial score (nSPS) is 27.7. The standard InChI is InChI=1S/C54H66F2N10O20/c1-25(69)83-33-13-31(65(19-33)53(77)79-9-7-63-17-29(59-61-63)23-81-51-49(75)47(73)45(71)41(21-67)85-51)15-37-35-5-3-27(55)11-39(35)57-43(37)44-38(36-6-4-28(56)12-40(36)58-44)16-32-14-34(84-26(2)70)20-66(32)54(78)80-10-8-64-18-30(60-62-64)24-82-52-50(76)48(74)46(72)42(22-68)86-52/h3-6,11-12,17-18,31-34,41-42,45-52,57-58,67-68,71-76H,7-10,13-16,19-24H2,1-2H3/t31-,32-,33-,34-,41?,42?,45+,46+,47-,48-,49?,50?,51+,52+/m0/s1. The quantitative estimate of drug-likeness (QED) is 0.0311. The molecule has 466 valence electrons. The van der Waals surface area contributed by atoms with Crippen LogP contribution >= 0.6 is 0 Å². The SMILES string of the molecule is CC(=O)O[C@H]1C[C@@H](Cc2c(-c3[nH]c4cc(F)ccc4c3C[C@@H]3C[C@H](OC(C)=O)CN3C(=O)OCCn3cc(CO[C@@H]4OC(CO)[C@@H](O)[C@H](O)C4O)nn3)[nH]c3cc(F)ccc23)N(C(=O)OCCn2cc(CO[C@@H]3OC(CO)[C@@H](O)[C@H](O)C3O)nn2)C1. The Balaban J connectivity index is 0.847. The molecule has 86 heavy (non-hydrogen) atoms. The van der Waals surface area contributed by atoms with Gasteiger partial charge in [-0.25, -0.2) is 27.7 Å². The van der Waals surface area contributed by atoms with E-state index in [1.54, 1.807) is 12.1 Å². The van der Waals surface area contributed by atoms with Crippen LogP contribution in [0, 0.1) is 11.6 Å². The number of aliphatic hydroxyl groups is 8. The molecule has 4 aliphatic heterocycles. The summed E-state index contributed by atoms with van der Waals surface area (Å²) in [4.78, 5) is 62.5. The summed E-state index contributed by atoms with van der Waals surface area (Å²) in [5.74, 6) is -2.27. The van der Waals surface area contributed by atoms with Crippen molar-refractivity contribution in [3.05, 3.63) is 82.9 Å². The highest BCUT2D eigenvalue weighted by Crippen LogP contribution is 2.40. The number of aromatic nitrogens is 8. The lowest BCUT2D eigenvalue weighted by atomic mass is 9.95. The van der Waals surface area contributed by atoms with E-state index in [0.29, 0.717) is 44.3 Å². The number of hydrogen-bond donors (Lipinski definition) is 10. The Morgan fingerprint density at radius 1 is 0.605 bits per heavy atom. The van der Waals surface area contributed by atoms with Gasteiger partial charge in [0.05, 0.1) is 76.4 Å². The van der Waals surface area contributed by atoms with E-state index in [-0.39, 0.29) is 89.7 Å². The van der Waals surface area contributed by atoms with Crippen LogP contribution in [0.2, 0.25) is 0 Å². The molecule has 0 aliphatic carbocycles. The molecule has 4 unspecified atom stereocenters. The number of aromatic amines is 2. The molecule has 4 fully saturated rings. The summed E-state index contributed by atoms with van der Waals surface area (Å²) in [5.41, 5.74) is 3.35. The van der Waals surface area contributed by atoms with E-state index in [1.807, 2.05) is 0 Å². The zero-order chi connectivity index (χ0) is 61.1. The molecular formula is C54H66F2N10O20. The molecule has 8 heterocycles. The second-order valence-electron chi connectivity index (χ2n) is 21.5. The van der Waals surface area contributed by atoms with Crippen LogP contribution in [0.1, 0.15) is 49.2 Å². The van der Waals surface area contributed by atoms with Gasteiger partial charge in [-0.2, -0.15) is 0 Å². The van der Waals surface area contributed by atoms with E-state index >= 15 is 8.78 Å². The van der Waals surface area contributed by atoms with Crippen molar-refractivity contribution in [2.45, 2.75) is 152 Å². The second-order valence-corrected chi connectivity index (χ2v) is 21.5. The van der Waals surface area contributed by atoms with Gasteiger partial charge in [0.15, 0.2) is 12.6 Å². The first-order valence-corrected chi connectivity index (χ1v) is 27.7. The number of rotatable bonds is 21. The predicted octanol–water partition coefficient (Wildman–Crippen LogP) is -0.819. The highest BCUT2D eigenvalue weighted by atomic mass is 19.1. The molecule has 30 nitrogen and oxygen atoms in total. The summed E-state index contributed by atoms with van der Waals surface area (Å²) in [6, 6.07) is 6.98. The average Bonchev–Trinajstić information content (AvgIpc) is 3.07. The Kier molecular flexibility index (Phi) is 19.2. The summed E-state index contributed by atoms with van der Waals surface area (Å²) in [6.07, 6.45) is -14.4. The molecule has 14 atom stereocenters. The number of amides is 2. The third-order valence-electron chi connectivity index (χ3n) is 15.5. The number of fused-ring (bicyclic) bond motifs is 2. The molecule has 10 N–H and O–H groups in total. The Bertz CT molecular complexity index is 3140. The number of aliphatic hydroxyl groups excluding tert-OH is 8. The average molecular weight is 1210 g/mol. The van der Waals surface area contributed by atoms with E-state index in [0.717, 1.165) is 0 Å². The Morgan fingerprint density at radius 3 is 1.40 bits per heavy atom. The van der Waals surface area contributed by atoms with Crippen LogP contribution in [0.4, 0.5) is 18.4 Å². The number of nitrogens with one attached hydrogen (secondary N) is 2. The fraction of sp³-hybridized carbons (Fsp3) is 0.556. The maximum Gasteiger partial charge on any atom is 0.410 e. The van der Waals surface area contributed by atoms with E-state index in [2.05, 4.69) is 30.6 Å². The number of ether oxygens (including phenoxy) is 8. The maximum absolute atomic E-state index is 15.1. The van der Waals surface area contributed by atoms with E-state index in [1.165, 1.54) is 69.7 Å². The molecule has 2 aromatic carbocycles. The van der Waals surface area contributed by atoms with Gasteiger partial charge in [0.25, 0.3) is 0 Å². The van der Waals surface area contributed by atoms with Gasteiger partial charge in [-0.1, -0.05) is 10.4 Å². The molecule has 2 amide bonds. The van der Waals surface area contributed by atoms with Gasteiger partial charge in [-0.15, -0.1) is 10.2 Å². The summed E-state index contributed by atoms with van der Waals surface area (Å²) in [7, 11) is 0. The van der Waals surface area contributed by atoms with Gasteiger partial charge in [-0.3, -0.25) is 9.59 Å². The number of carbonyl (C=O) groups excluding carboxylic acids is 4. The minimum atomic E-state index is -1.64. The fourth-order valence-electron chi connectivity index (χ4n) is 11.4. The lowest BCUT2D eigenvalue weighted by Gasteiger charge is -2.39. The second kappa shape index (κ2) is 26.7. The van der Waals surface area contributed by atoms with Crippen LogP contribution in [0.15, 0.2) is 48.8 Å². The third kappa shape index (κ3) is 13.7. The number of carbonyl (C=O) groups is 4. The molecule has 0 spiro atoms. The molecule has 0 radical (unpaired) electrons. The highest BCUT2D eigenvalue weighted by molar-refractivity contribution is 5.96. The van der Waals surface area contributed by atoms with Crippen LogP contribution < -0.4 is 0 Å². The lowest BCUT2D eigenvalue weighted by molar-refractivity contribution is -0.304. The molecule has 10 rings (SSSR count). The van der Waals surface area contributed by atoms with Crippen LogP contribution in [0.25, 0.3) is 33.2 Å². The van der Waals surface area contributed by atoms with Crippen molar-refractivity contribution in [1.29, 1.82) is 0 Å². The topological polar surface area (TPSA) is 403 Å². The first-order chi connectivity index (χ1) is 41.2. The zero-order valence-electron chi connectivity index (χ0n) is 46.4. The van der Waals surface area contributed by atoms with Crippen molar-refractivity contribution in [2.75, 3.05) is 39.5 Å². The van der Waals surface area contributed by atoms with Crippen molar-refractivity contribution in [2.24, 2.45) is 0 Å². The molecule has 0 bridgehead atoms. The highest BCUT2D eigenvalue weighted by Gasteiger charge is 2.46. The number of likely N-dealkylation sites (tertiary alicyclic amines) is 2. The third-order valence-corrected chi connectivity index (χ3v) is 15.5. The van der Waals surface area contributed by atoms with Crippen LogP contribution in [-0.2, 0) is 86.6 Å². The largest absolute Gasteiger partial charge is 0.461 e. The number of hydrogen-bond acceptors (Lipinski definition) is 24. The number of halogens is 2. The van der Waals surface area contributed by atoms with Crippen molar-refractivity contribution >= 4 is 45.9 Å². The maximum atomic E-state index is 15.1. The molecule has 4 aliphatic rings. The van der Waals surface area contributed by atoms with Gasteiger partial charge in [0.2, 0.25) is 0 Å². The monoisotopic (exact) mass is 1210 g/mol. The fourth-order valence-corrected chi connectivity index (χ4v) is 11.4. The van der Waals surface area contributed by atoms with Gasteiger partial charge in [-0.05, 0) is 60.4 Å².